The van der Waals surface area contributed by atoms with Gasteiger partial charge in [-0.05, 0) is 36.2 Å². The summed E-state index contributed by atoms with van der Waals surface area (Å²) in [6.45, 7) is 2.12. The molecule has 0 aliphatic heterocycles. The van der Waals surface area contributed by atoms with Crippen molar-refractivity contribution < 1.29 is 19.1 Å². The van der Waals surface area contributed by atoms with E-state index in [1.165, 1.54) is 6.07 Å². The molecule has 0 fully saturated rings. The Hall–Kier alpha value is -2.76. The summed E-state index contributed by atoms with van der Waals surface area (Å²) < 4.78 is 16.1. The van der Waals surface area contributed by atoms with Gasteiger partial charge in [0.1, 0.15) is 6.61 Å². The van der Waals surface area contributed by atoms with Crippen molar-refractivity contribution >= 4 is 5.69 Å². The van der Waals surface area contributed by atoms with Crippen LogP contribution < -0.4 is 14.2 Å². The summed E-state index contributed by atoms with van der Waals surface area (Å²) in [6, 6.07) is 9.95. The summed E-state index contributed by atoms with van der Waals surface area (Å²) in [7, 11) is 3.13. The number of hydrogen-bond acceptors (Lipinski definition) is 5. The molecule has 0 amide bonds. The van der Waals surface area contributed by atoms with E-state index in [2.05, 4.69) is 0 Å². The van der Waals surface area contributed by atoms with Crippen LogP contribution in [0.25, 0.3) is 0 Å². The number of nitro groups is 1. The third-order valence-corrected chi connectivity index (χ3v) is 3.29. The average molecular weight is 303 g/mol. The van der Waals surface area contributed by atoms with Crippen LogP contribution in [0, 0.1) is 17.0 Å². The maximum Gasteiger partial charge on any atom is 0.310 e. The Bertz CT molecular complexity index is 684. The highest BCUT2D eigenvalue weighted by Gasteiger charge is 2.15. The van der Waals surface area contributed by atoms with Gasteiger partial charge < -0.3 is 14.2 Å². The van der Waals surface area contributed by atoms with Crippen molar-refractivity contribution in [1.82, 2.24) is 0 Å². The second-order valence-corrected chi connectivity index (χ2v) is 4.65. The molecule has 0 aromatic heterocycles. The number of benzene rings is 2. The predicted octanol–water partition coefficient (Wildman–Crippen LogP) is 3.50. The zero-order valence-electron chi connectivity index (χ0n) is 12.7. The standard InChI is InChI=1S/C16H17NO5/c1-11-8-15(20-2)16(21-3)9-12(11)10-22-14-7-5-4-6-13(14)17(18)19/h4-9H,10H2,1-3H3. The van der Waals surface area contributed by atoms with Gasteiger partial charge in [-0.15, -0.1) is 0 Å². The normalized spacial score (nSPS) is 10.1. The van der Waals surface area contributed by atoms with E-state index in [1.807, 2.05) is 19.1 Å². The number of nitro benzene ring substituents is 1. The number of para-hydroxylation sites is 2. The number of aryl methyl sites for hydroxylation is 1. The number of hydrogen-bond donors (Lipinski definition) is 0. The molecule has 0 radical (unpaired) electrons. The largest absolute Gasteiger partial charge is 0.493 e. The van der Waals surface area contributed by atoms with Crippen molar-refractivity contribution in [2.45, 2.75) is 13.5 Å². The van der Waals surface area contributed by atoms with E-state index < -0.39 is 4.92 Å². The minimum atomic E-state index is -0.462. The zero-order chi connectivity index (χ0) is 16.1. The fourth-order valence-corrected chi connectivity index (χ4v) is 2.06. The minimum Gasteiger partial charge on any atom is -0.493 e. The molecule has 6 heteroatoms. The van der Waals surface area contributed by atoms with E-state index in [4.69, 9.17) is 14.2 Å². The van der Waals surface area contributed by atoms with Crippen molar-refractivity contribution in [2.75, 3.05) is 14.2 Å². The molecule has 0 aliphatic rings. The fourth-order valence-electron chi connectivity index (χ4n) is 2.06. The Morgan fingerprint density at radius 2 is 1.68 bits per heavy atom. The van der Waals surface area contributed by atoms with Gasteiger partial charge in [0.2, 0.25) is 0 Å². The molecule has 2 aromatic carbocycles. The predicted molar refractivity (Wildman–Crippen MR) is 81.7 cm³/mol. The molecule has 0 spiro atoms. The van der Waals surface area contributed by atoms with Crippen LogP contribution >= 0.6 is 0 Å². The second kappa shape index (κ2) is 6.80. The van der Waals surface area contributed by atoms with Gasteiger partial charge in [0, 0.05) is 6.07 Å². The van der Waals surface area contributed by atoms with Crippen molar-refractivity contribution in [1.29, 1.82) is 0 Å². The Balaban J connectivity index is 2.24. The summed E-state index contributed by atoms with van der Waals surface area (Å²) in [4.78, 5) is 10.5. The highest BCUT2D eigenvalue weighted by atomic mass is 16.6. The topological polar surface area (TPSA) is 70.8 Å². The van der Waals surface area contributed by atoms with Crippen LogP contribution in [0.2, 0.25) is 0 Å². The summed E-state index contributed by atoms with van der Waals surface area (Å²) in [5.41, 5.74) is 1.77. The zero-order valence-corrected chi connectivity index (χ0v) is 12.7. The molecule has 0 saturated heterocycles. The van der Waals surface area contributed by atoms with Gasteiger partial charge in [-0.2, -0.15) is 0 Å². The first-order chi connectivity index (χ1) is 10.6. The fraction of sp³-hybridized carbons (Fsp3) is 0.250. The molecular weight excluding hydrogens is 286 g/mol. The van der Waals surface area contributed by atoms with Crippen LogP contribution in [0.5, 0.6) is 17.2 Å². The molecular formula is C16H17NO5. The van der Waals surface area contributed by atoms with Crippen LogP contribution in [-0.4, -0.2) is 19.1 Å². The smallest absolute Gasteiger partial charge is 0.310 e. The quantitative estimate of drug-likeness (QED) is 0.603. The maximum absolute atomic E-state index is 11.0. The molecule has 116 valence electrons. The van der Waals surface area contributed by atoms with Gasteiger partial charge in [0.25, 0.3) is 0 Å². The van der Waals surface area contributed by atoms with Crippen LogP contribution in [0.15, 0.2) is 36.4 Å². The lowest BCUT2D eigenvalue weighted by molar-refractivity contribution is -0.385. The van der Waals surface area contributed by atoms with Crippen LogP contribution in [0.3, 0.4) is 0 Å². The van der Waals surface area contributed by atoms with Gasteiger partial charge >= 0.3 is 5.69 Å². The summed E-state index contributed by atoms with van der Waals surface area (Å²) in [6.07, 6.45) is 0. The van der Waals surface area contributed by atoms with Gasteiger partial charge in [-0.25, -0.2) is 0 Å². The summed E-state index contributed by atoms with van der Waals surface area (Å²) >= 11 is 0. The number of methoxy groups -OCH3 is 2. The Labute approximate surface area is 128 Å². The van der Waals surface area contributed by atoms with Gasteiger partial charge in [-0.1, -0.05) is 12.1 Å². The van der Waals surface area contributed by atoms with Gasteiger partial charge in [-0.3, -0.25) is 10.1 Å². The molecule has 0 heterocycles. The van der Waals surface area contributed by atoms with Crippen molar-refractivity contribution in [2.24, 2.45) is 0 Å². The highest BCUT2D eigenvalue weighted by Crippen LogP contribution is 2.32. The van der Waals surface area contributed by atoms with E-state index in [0.29, 0.717) is 11.5 Å². The molecule has 6 nitrogen and oxygen atoms in total. The molecule has 2 aromatic rings. The van der Waals surface area contributed by atoms with Crippen LogP contribution in [0.1, 0.15) is 11.1 Å². The minimum absolute atomic E-state index is 0.0550. The first-order valence-electron chi connectivity index (χ1n) is 6.64. The van der Waals surface area contributed by atoms with E-state index in [-0.39, 0.29) is 18.0 Å². The van der Waals surface area contributed by atoms with Gasteiger partial charge in [0.05, 0.1) is 19.1 Å². The van der Waals surface area contributed by atoms with E-state index in [0.717, 1.165) is 11.1 Å². The molecule has 0 N–H and O–H groups in total. The monoisotopic (exact) mass is 303 g/mol. The summed E-state index contributed by atoms with van der Waals surface area (Å²) in [5.74, 6) is 1.46. The van der Waals surface area contributed by atoms with E-state index in [1.54, 1.807) is 32.4 Å². The van der Waals surface area contributed by atoms with Gasteiger partial charge in [0.15, 0.2) is 17.2 Å². The molecule has 0 bridgehead atoms. The molecule has 0 unspecified atom stereocenters. The number of rotatable bonds is 6. The van der Waals surface area contributed by atoms with Crippen LogP contribution in [0.4, 0.5) is 5.69 Å². The molecule has 2 rings (SSSR count). The van der Waals surface area contributed by atoms with Crippen molar-refractivity contribution in [3.8, 4) is 17.2 Å². The summed E-state index contributed by atoms with van der Waals surface area (Å²) in [5, 5.41) is 11.0. The lowest BCUT2D eigenvalue weighted by atomic mass is 10.1. The maximum atomic E-state index is 11.0. The molecule has 0 atom stereocenters. The number of nitrogens with zero attached hydrogens (tertiary/aromatic N) is 1. The Morgan fingerprint density at radius 3 is 2.32 bits per heavy atom. The lowest BCUT2D eigenvalue weighted by Crippen LogP contribution is -2.02. The third-order valence-electron chi connectivity index (χ3n) is 3.29. The molecule has 22 heavy (non-hydrogen) atoms. The SMILES string of the molecule is COc1cc(C)c(COc2ccccc2[N+](=O)[O-])cc1OC. The Kier molecular flexibility index (Phi) is 4.83. The Morgan fingerprint density at radius 1 is 1.05 bits per heavy atom. The van der Waals surface area contributed by atoms with Crippen molar-refractivity contribution in [3.63, 3.8) is 0 Å². The molecule has 0 aliphatic carbocycles. The first-order valence-corrected chi connectivity index (χ1v) is 6.64. The lowest BCUT2D eigenvalue weighted by Gasteiger charge is -2.13. The van der Waals surface area contributed by atoms with Crippen LogP contribution in [-0.2, 0) is 6.61 Å². The molecule has 0 saturated carbocycles. The highest BCUT2D eigenvalue weighted by molar-refractivity contribution is 5.48. The van der Waals surface area contributed by atoms with E-state index in [9.17, 15) is 10.1 Å². The first kappa shape index (κ1) is 15.6. The second-order valence-electron chi connectivity index (χ2n) is 4.65. The third kappa shape index (κ3) is 3.28. The number of ether oxygens (including phenoxy) is 3. The average Bonchev–Trinajstić information content (AvgIpc) is 2.53. The van der Waals surface area contributed by atoms with Crippen molar-refractivity contribution in [3.05, 3.63) is 57.6 Å². The van der Waals surface area contributed by atoms with E-state index >= 15 is 0 Å².